The van der Waals surface area contributed by atoms with E-state index in [0.29, 0.717) is 37.7 Å². The summed E-state index contributed by atoms with van der Waals surface area (Å²) < 4.78 is 0. The van der Waals surface area contributed by atoms with Crippen molar-refractivity contribution in [3.8, 4) is 0 Å². The van der Waals surface area contributed by atoms with Crippen molar-refractivity contribution in [1.29, 1.82) is 0 Å². The molecule has 2 atom stereocenters. The van der Waals surface area contributed by atoms with Gasteiger partial charge in [-0.15, -0.1) is 6.58 Å². The molecule has 0 radical (unpaired) electrons. The van der Waals surface area contributed by atoms with Gasteiger partial charge in [0.15, 0.2) is 0 Å². The molecule has 2 unspecified atom stereocenters. The summed E-state index contributed by atoms with van der Waals surface area (Å²) in [5.41, 5.74) is 1.69. The quantitative estimate of drug-likeness (QED) is 0.687. The second-order valence-corrected chi connectivity index (χ2v) is 8.78. The van der Waals surface area contributed by atoms with Crippen LogP contribution in [0.5, 0.6) is 0 Å². The zero-order valence-electron chi connectivity index (χ0n) is 18.0. The molecule has 0 spiro atoms. The van der Waals surface area contributed by atoms with Gasteiger partial charge in [-0.3, -0.25) is 14.4 Å². The summed E-state index contributed by atoms with van der Waals surface area (Å²) in [7, 11) is 0. The highest BCUT2D eigenvalue weighted by Crippen LogP contribution is 2.32. The Hall–Kier alpha value is -2.89. The third-order valence-electron chi connectivity index (χ3n) is 6.70. The number of carbonyl (C=O) groups excluding carboxylic acids is 3. The molecule has 2 fully saturated rings. The van der Waals surface area contributed by atoms with Crippen molar-refractivity contribution in [2.75, 3.05) is 26.2 Å². The molecule has 31 heavy (non-hydrogen) atoms. The monoisotopic (exact) mass is 421 g/mol. The lowest BCUT2D eigenvalue weighted by Crippen LogP contribution is -2.45. The van der Waals surface area contributed by atoms with Gasteiger partial charge >= 0.3 is 0 Å². The molecule has 2 aliphatic heterocycles. The van der Waals surface area contributed by atoms with E-state index >= 15 is 0 Å². The van der Waals surface area contributed by atoms with Gasteiger partial charge in [0.05, 0.1) is 6.54 Å². The lowest BCUT2D eigenvalue weighted by Gasteiger charge is -2.38. The SMILES string of the molecule is C=CCC(=O)N1CC(=O)N(Cc2ccc(C(=O)N3CC=CC3)cc2)C2CCCCC2C1. The molecule has 0 bridgehead atoms. The Labute approximate surface area is 184 Å². The fourth-order valence-corrected chi connectivity index (χ4v) is 5.02. The average molecular weight is 422 g/mol. The summed E-state index contributed by atoms with van der Waals surface area (Å²) >= 11 is 0. The van der Waals surface area contributed by atoms with Crippen LogP contribution in [0.1, 0.15) is 48.0 Å². The minimum atomic E-state index is -0.0196. The van der Waals surface area contributed by atoms with Crippen molar-refractivity contribution in [3.05, 3.63) is 60.2 Å². The number of benzene rings is 1. The van der Waals surface area contributed by atoms with Crippen LogP contribution in [0, 0.1) is 5.92 Å². The number of rotatable bonds is 5. The molecule has 3 aliphatic rings. The van der Waals surface area contributed by atoms with Crippen LogP contribution in [0.15, 0.2) is 49.1 Å². The van der Waals surface area contributed by atoms with Gasteiger partial charge in [-0.25, -0.2) is 0 Å². The standard InChI is InChI=1S/C25H31N3O3/c1-2-7-23(29)27-17-21-8-3-4-9-22(21)28(24(30)18-27)16-19-10-12-20(13-11-19)25(31)26-14-5-6-15-26/h2,5-6,10-13,21-22H,1,3-4,7-9,14-18H2. The van der Waals surface area contributed by atoms with Crippen LogP contribution in [0.3, 0.4) is 0 Å². The number of amides is 3. The van der Waals surface area contributed by atoms with E-state index in [-0.39, 0.29) is 36.7 Å². The molecular formula is C25H31N3O3. The molecule has 1 aromatic carbocycles. The second kappa shape index (κ2) is 9.50. The maximum atomic E-state index is 13.2. The first-order valence-corrected chi connectivity index (χ1v) is 11.3. The van der Waals surface area contributed by atoms with E-state index in [1.807, 2.05) is 41.3 Å². The van der Waals surface area contributed by atoms with E-state index in [9.17, 15) is 14.4 Å². The van der Waals surface area contributed by atoms with Crippen molar-refractivity contribution in [1.82, 2.24) is 14.7 Å². The molecule has 0 N–H and O–H groups in total. The largest absolute Gasteiger partial charge is 0.334 e. The van der Waals surface area contributed by atoms with Crippen molar-refractivity contribution in [2.24, 2.45) is 5.92 Å². The van der Waals surface area contributed by atoms with Crippen LogP contribution in [0.2, 0.25) is 0 Å². The average Bonchev–Trinajstić information content (AvgIpc) is 3.28. The predicted molar refractivity (Wildman–Crippen MR) is 119 cm³/mol. The molecule has 1 aromatic rings. The van der Waals surface area contributed by atoms with Gasteiger partial charge in [0.2, 0.25) is 11.8 Å². The molecule has 6 heteroatoms. The van der Waals surface area contributed by atoms with Crippen LogP contribution < -0.4 is 0 Å². The van der Waals surface area contributed by atoms with Crippen molar-refractivity contribution in [3.63, 3.8) is 0 Å². The lowest BCUT2D eigenvalue weighted by molar-refractivity contribution is -0.139. The molecule has 1 saturated carbocycles. The van der Waals surface area contributed by atoms with Gasteiger partial charge in [-0.2, -0.15) is 0 Å². The molecule has 4 rings (SSSR count). The van der Waals surface area contributed by atoms with E-state index in [0.717, 1.165) is 31.2 Å². The maximum Gasteiger partial charge on any atom is 0.254 e. The molecule has 164 valence electrons. The Morgan fingerprint density at radius 1 is 1.03 bits per heavy atom. The summed E-state index contributed by atoms with van der Waals surface area (Å²) in [5.74, 6) is 0.340. The summed E-state index contributed by atoms with van der Waals surface area (Å²) in [5, 5.41) is 0. The number of nitrogens with zero attached hydrogens (tertiary/aromatic N) is 3. The van der Waals surface area contributed by atoms with Gasteiger partial charge in [0.1, 0.15) is 0 Å². The lowest BCUT2D eigenvalue weighted by atomic mass is 9.83. The minimum absolute atomic E-state index is 0.00936. The molecule has 2 heterocycles. The zero-order valence-corrected chi connectivity index (χ0v) is 18.0. The minimum Gasteiger partial charge on any atom is -0.334 e. The highest BCUT2D eigenvalue weighted by molar-refractivity contribution is 5.94. The van der Waals surface area contributed by atoms with Crippen LogP contribution in [0.4, 0.5) is 0 Å². The Balaban J connectivity index is 1.49. The van der Waals surface area contributed by atoms with Crippen LogP contribution in [0.25, 0.3) is 0 Å². The van der Waals surface area contributed by atoms with Crippen LogP contribution in [-0.2, 0) is 16.1 Å². The molecule has 3 amide bonds. The predicted octanol–water partition coefficient (Wildman–Crippen LogP) is 3.00. The number of carbonyl (C=O) groups is 3. The summed E-state index contributed by atoms with van der Waals surface area (Å²) in [4.78, 5) is 43.7. The van der Waals surface area contributed by atoms with Gasteiger partial charge in [0, 0.05) is 44.2 Å². The molecule has 1 aliphatic carbocycles. The van der Waals surface area contributed by atoms with Crippen molar-refractivity contribution >= 4 is 17.7 Å². The Kier molecular flexibility index (Phi) is 6.54. The van der Waals surface area contributed by atoms with E-state index < -0.39 is 0 Å². The smallest absolute Gasteiger partial charge is 0.254 e. The Morgan fingerprint density at radius 3 is 2.45 bits per heavy atom. The van der Waals surface area contributed by atoms with E-state index in [1.54, 1.807) is 15.9 Å². The summed E-state index contributed by atoms with van der Waals surface area (Å²) in [6.07, 6.45) is 10.2. The van der Waals surface area contributed by atoms with Gasteiger partial charge in [-0.1, -0.05) is 43.2 Å². The fourth-order valence-electron chi connectivity index (χ4n) is 5.02. The van der Waals surface area contributed by atoms with Crippen LogP contribution in [-0.4, -0.2) is 64.6 Å². The highest BCUT2D eigenvalue weighted by atomic mass is 16.2. The Bertz CT molecular complexity index is 869. The van der Waals surface area contributed by atoms with Gasteiger partial charge in [0.25, 0.3) is 5.91 Å². The third kappa shape index (κ3) is 4.73. The van der Waals surface area contributed by atoms with Gasteiger partial charge in [-0.05, 0) is 36.5 Å². The molecule has 6 nitrogen and oxygen atoms in total. The normalized spacial score (nSPS) is 23.5. The number of fused-ring (bicyclic) bond motifs is 1. The molecular weight excluding hydrogens is 390 g/mol. The van der Waals surface area contributed by atoms with E-state index in [1.165, 1.54) is 0 Å². The first-order chi connectivity index (χ1) is 15.1. The molecule has 0 aromatic heterocycles. The van der Waals surface area contributed by atoms with Crippen LogP contribution >= 0.6 is 0 Å². The first-order valence-electron chi connectivity index (χ1n) is 11.3. The van der Waals surface area contributed by atoms with E-state index in [4.69, 9.17) is 0 Å². The second-order valence-electron chi connectivity index (χ2n) is 8.78. The maximum absolute atomic E-state index is 13.2. The first kappa shape index (κ1) is 21.3. The van der Waals surface area contributed by atoms with E-state index in [2.05, 4.69) is 6.58 Å². The number of hydrogen-bond acceptors (Lipinski definition) is 3. The summed E-state index contributed by atoms with van der Waals surface area (Å²) in [6.45, 7) is 6.28. The highest BCUT2D eigenvalue weighted by Gasteiger charge is 2.38. The third-order valence-corrected chi connectivity index (χ3v) is 6.70. The topological polar surface area (TPSA) is 60.9 Å². The van der Waals surface area contributed by atoms with Crippen molar-refractivity contribution in [2.45, 2.75) is 44.7 Å². The fraction of sp³-hybridized carbons (Fsp3) is 0.480. The summed E-state index contributed by atoms with van der Waals surface area (Å²) in [6, 6.07) is 7.79. The van der Waals surface area contributed by atoms with Crippen molar-refractivity contribution < 1.29 is 14.4 Å². The zero-order chi connectivity index (χ0) is 21.8. The molecule has 1 saturated heterocycles. The number of hydrogen-bond donors (Lipinski definition) is 0. The van der Waals surface area contributed by atoms with Gasteiger partial charge < -0.3 is 14.7 Å². The Morgan fingerprint density at radius 2 is 1.74 bits per heavy atom.